The Morgan fingerprint density at radius 2 is 2.00 bits per heavy atom. The van der Waals surface area contributed by atoms with Gasteiger partial charge < -0.3 is 15.2 Å². The molecule has 1 aromatic rings. The predicted molar refractivity (Wildman–Crippen MR) is 59.0 cm³/mol. The minimum atomic E-state index is -0.908. The third-order valence-electron chi connectivity index (χ3n) is 2.62. The van der Waals surface area contributed by atoms with Gasteiger partial charge in [0.15, 0.2) is 5.57 Å². The van der Waals surface area contributed by atoms with E-state index in [1.807, 2.05) is 0 Å². The van der Waals surface area contributed by atoms with E-state index in [1.165, 1.54) is 24.3 Å². The summed E-state index contributed by atoms with van der Waals surface area (Å²) in [5, 5.41) is 12.3. The van der Waals surface area contributed by atoms with Crippen LogP contribution in [0.2, 0.25) is 0 Å². The van der Waals surface area contributed by atoms with Gasteiger partial charge in [-0.05, 0) is 17.7 Å². The molecule has 0 saturated heterocycles. The van der Waals surface area contributed by atoms with Crippen LogP contribution in [0.1, 0.15) is 11.6 Å². The van der Waals surface area contributed by atoms with E-state index in [4.69, 9.17) is 0 Å². The van der Waals surface area contributed by atoms with Crippen LogP contribution in [0.4, 0.5) is 4.39 Å². The standard InChI is InChI=1S/C12H10FNO4/c1-18-12(17)8-10(15)9(14-11(8)16)6-2-4-7(13)5-3-6/h2-5,9,15H,1H3,(H,14,16). The van der Waals surface area contributed by atoms with Crippen molar-refractivity contribution in [1.29, 1.82) is 0 Å². The van der Waals surface area contributed by atoms with Crippen LogP contribution in [-0.4, -0.2) is 24.1 Å². The minimum absolute atomic E-state index is 0.418. The summed E-state index contributed by atoms with van der Waals surface area (Å²) in [5.74, 6) is -2.47. The molecule has 2 rings (SSSR count). The van der Waals surface area contributed by atoms with E-state index in [9.17, 15) is 19.1 Å². The summed E-state index contributed by atoms with van der Waals surface area (Å²) in [5.41, 5.74) is 0.0491. The van der Waals surface area contributed by atoms with Crippen LogP contribution >= 0.6 is 0 Å². The van der Waals surface area contributed by atoms with Crippen molar-refractivity contribution in [1.82, 2.24) is 5.32 Å². The number of aliphatic hydroxyl groups excluding tert-OH is 1. The summed E-state index contributed by atoms with van der Waals surface area (Å²) >= 11 is 0. The molecule has 1 atom stereocenters. The quantitative estimate of drug-likeness (QED) is 0.607. The Hall–Kier alpha value is -2.37. The molecule has 0 radical (unpaired) electrons. The molecule has 0 fully saturated rings. The number of carbonyl (C=O) groups is 2. The van der Waals surface area contributed by atoms with Crippen LogP contribution in [-0.2, 0) is 14.3 Å². The smallest absolute Gasteiger partial charge is 0.347 e. The van der Waals surface area contributed by atoms with E-state index in [-0.39, 0.29) is 0 Å². The maximum Gasteiger partial charge on any atom is 0.347 e. The number of hydrogen-bond donors (Lipinski definition) is 2. The molecule has 1 heterocycles. The van der Waals surface area contributed by atoms with Gasteiger partial charge in [0.2, 0.25) is 0 Å². The zero-order valence-electron chi connectivity index (χ0n) is 9.44. The van der Waals surface area contributed by atoms with Crippen molar-refractivity contribution in [2.45, 2.75) is 6.04 Å². The van der Waals surface area contributed by atoms with Crippen molar-refractivity contribution < 1.29 is 23.8 Å². The zero-order chi connectivity index (χ0) is 13.3. The molecule has 1 amide bonds. The summed E-state index contributed by atoms with van der Waals surface area (Å²) in [7, 11) is 1.11. The fraction of sp³-hybridized carbons (Fsp3) is 0.167. The molecule has 0 aliphatic carbocycles. The summed E-state index contributed by atoms with van der Waals surface area (Å²) in [6.45, 7) is 0. The highest BCUT2D eigenvalue weighted by molar-refractivity contribution is 6.18. The van der Waals surface area contributed by atoms with Gasteiger partial charge in [0.1, 0.15) is 17.6 Å². The van der Waals surface area contributed by atoms with Crippen molar-refractivity contribution in [3.05, 3.63) is 47.0 Å². The summed E-state index contributed by atoms with van der Waals surface area (Å²) in [4.78, 5) is 22.8. The van der Waals surface area contributed by atoms with Crippen molar-refractivity contribution in [2.24, 2.45) is 0 Å². The lowest BCUT2D eigenvalue weighted by atomic mass is 10.1. The second-order valence-electron chi connectivity index (χ2n) is 3.71. The van der Waals surface area contributed by atoms with Crippen molar-refractivity contribution >= 4 is 11.9 Å². The van der Waals surface area contributed by atoms with E-state index < -0.39 is 35.1 Å². The van der Waals surface area contributed by atoms with Crippen LogP contribution in [0.5, 0.6) is 0 Å². The van der Waals surface area contributed by atoms with Gasteiger partial charge in [-0.2, -0.15) is 0 Å². The number of esters is 1. The Morgan fingerprint density at radius 3 is 2.56 bits per heavy atom. The molecular formula is C12H10FNO4. The van der Waals surface area contributed by atoms with E-state index in [0.717, 1.165) is 7.11 Å². The SMILES string of the molecule is COC(=O)C1=C(O)C(c2ccc(F)cc2)NC1=O. The first-order valence-electron chi connectivity index (χ1n) is 5.12. The molecule has 0 saturated carbocycles. The van der Waals surface area contributed by atoms with Crippen molar-refractivity contribution in [2.75, 3.05) is 7.11 Å². The molecule has 94 valence electrons. The topological polar surface area (TPSA) is 75.6 Å². The van der Waals surface area contributed by atoms with Gasteiger partial charge in [0.05, 0.1) is 7.11 Å². The molecule has 6 heteroatoms. The lowest BCUT2D eigenvalue weighted by molar-refractivity contribution is -0.137. The number of benzene rings is 1. The first-order chi connectivity index (χ1) is 8.54. The van der Waals surface area contributed by atoms with Gasteiger partial charge in [0, 0.05) is 0 Å². The third kappa shape index (κ3) is 1.92. The van der Waals surface area contributed by atoms with Crippen molar-refractivity contribution in [3.63, 3.8) is 0 Å². The van der Waals surface area contributed by atoms with Gasteiger partial charge in [-0.1, -0.05) is 12.1 Å². The second-order valence-corrected chi connectivity index (χ2v) is 3.71. The monoisotopic (exact) mass is 251 g/mol. The molecule has 5 nitrogen and oxygen atoms in total. The van der Waals surface area contributed by atoms with Gasteiger partial charge >= 0.3 is 5.97 Å². The minimum Gasteiger partial charge on any atom is -0.509 e. The number of rotatable bonds is 2. The maximum absolute atomic E-state index is 12.8. The van der Waals surface area contributed by atoms with E-state index in [0.29, 0.717) is 5.56 Å². The number of carbonyl (C=O) groups excluding carboxylic acids is 2. The predicted octanol–water partition coefficient (Wildman–Crippen LogP) is 0.982. The largest absolute Gasteiger partial charge is 0.509 e. The van der Waals surface area contributed by atoms with Crippen LogP contribution in [0.15, 0.2) is 35.6 Å². The molecule has 18 heavy (non-hydrogen) atoms. The van der Waals surface area contributed by atoms with Crippen LogP contribution in [0.25, 0.3) is 0 Å². The Labute approximate surface area is 102 Å². The highest BCUT2D eigenvalue weighted by Gasteiger charge is 2.37. The normalized spacial score (nSPS) is 18.8. The molecule has 1 aromatic carbocycles. The fourth-order valence-corrected chi connectivity index (χ4v) is 1.73. The number of nitrogens with one attached hydrogen (secondary N) is 1. The van der Waals surface area contributed by atoms with Gasteiger partial charge in [-0.3, -0.25) is 4.79 Å². The van der Waals surface area contributed by atoms with Gasteiger partial charge in [-0.25, -0.2) is 9.18 Å². The molecule has 0 aromatic heterocycles. The molecule has 0 spiro atoms. The lowest BCUT2D eigenvalue weighted by Crippen LogP contribution is -2.24. The first kappa shape index (κ1) is 12.1. The lowest BCUT2D eigenvalue weighted by Gasteiger charge is -2.10. The van der Waals surface area contributed by atoms with E-state index >= 15 is 0 Å². The Bertz CT molecular complexity index is 536. The number of methoxy groups -OCH3 is 1. The van der Waals surface area contributed by atoms with Crippen LogP contribution in [0, 0.1) is 5.82 Å². The van der Waals surface area contributed by atoms with E-state index in [2.05, 4.69) is 10.1 Å². The molecule has 1 aliphatic heterocycles. The second kappa shape index (κ2) is 4.48. The zero-order valence-corrected chi connectivity index (χ0v) is 9.44. The van der Waals surface area contributed by atoms with Crippen LogP contribution < -0.4 is 5.32 Å². The Morgan fingerprint density at radius 1 is 1.39 bits per heavy atom. The van der Waals surface area contributed by atoms with Crippen LogP contribution in [0.3, 0.4) is 0 Å². The highest BCUT2D eigenvalue weighted by atomic mass is 19.1. The molecular weight excluding hydrogens is 241 g/mol. The number of hydrogen-bond acceptors (Lipinski definition) is 4. The fourth-order valence-electron chi connectivity index (χ4n) is 1.73. The Kier molecular flexibility index (Phi) is 3.01. The number of amides is 1. The third-order valence-corrected chi connectivity index (χ3v) is 2.62. The summed E-state index contributed by atoms with van der Waals surface area (Å²) < 4.78 is 17.2. The molecule has 0 bridgehead atoms. The molecule has 2 N–H and O–H groups in total. The number of ether oxygens (including phenoxy) is 1. The number of halogens is 1. The highest BCUT2D eigenvalue weighted by Crippen LogP contribution is 2.28. The number of aliphatic hydroxyl groups is 1. The maximum atomic E-state index is 12.8. The van der Waals surface area contributed by atoms with E-state index in [1.54, 1.807) is 0 Å². The molecule has 1 unspecified atom stereocenters. The summed E-state index contributed by atoms with van der Waals surface area (Å²) in [6, 6.07) is 4.37. The van der Waals surface area contributed by atoms with Crippen molar-refractivity contribution in [3.8, 4) is 0 Å². The van der Waals surface area contributed by atoms with Gasteiger partial charge in [-0.15, -0.1) is 0 Å². The van der Waals surface area contributed by atoms with Gasteiger partial charge in [0.25, 0.3) is 5.91 Å². The Balaban J connectivity index is 2.38. The average molecular weight is 251 g/mol. The first-order valence-corrected chi connectivity index (χ1v) is 5.12. The molecule has 1 aliphatic rings. The summed E-state index contributed by atoms with van der Waals surface area (Å²) in [6.07, 6.45) is 0. The average Bonchev–Trinajstić information content (AvgIpc) is 2.65.